The fourth-order valence-corrected chi connectivity index (χ4v) is 2.37. The molecule has 1 N–H and O–H groups in total. The second-order valence-corrected chi connectivity index (χ2v) is 4.66. The fraction of sp³-hybridized carbons (Fsp3) is 0. The fourth-order valence-electron chi connectivity index (χ4n) is 2.13. The number of nitrogens with zero attached hydrogens (tertiary/aromatic N) is 5. The lowest BCUT2D eigenvalue weighted by molar-refractivity contribution is 0.916. The average molecular weight is 280 g/mol. The molecule has 0 bridgehead atoms. The zero-order chi connectivity index (χ0) is 13.5. The first-order valence-corrected chi connectivity index (χ1v) is 6.38. The highest BCUT2D eigenvalue weighted by Gasteiger charge is 2.10. The molecule has 0 fully saturated rings. The Balaban J connectivity index is 2.11. The highest BCUT2D eigenvalue weighted by molar-refractivity contribution is 7.71. The number of H-pyrrole nitrogens is 1. The van der Waals surface area contributed by atoms with Gasteiger partial charge in [0.25, 0.3) is 0 Å². The molecule has 0 unspecified atom stereocenters. The van der Waals surface area contributed by atoms with Crippen LogP contribution in [0.5, 0.6) is 0 Å². The lowest BCUT2D eigenvalue weighted by atomic mass is 10.2. The van der Waals surface area contributed by atoms with E-state index in [1.165, 1.54) is 0 Å². The van der Waals surface area contributed by atoms with Gasteiger partial charge in [0.05, 0.1) is 17.9 Å². The largest absolute Gasteiger partial charge is 0.330 e. The number of hydrogen-bond donors (Lipinski definition) is 1. The lowest BCUT2D eigenvalue weighted by Crippen LogP contribution is -1.94. The van der Waals surface area contributed by atoms with E-state index in [0.29, 0.717) is 10.6 Å². The second kappa shape index (κ2) is 4.17. The molecule has 1 aromatic carbocycles. The van der Waals surface area contributed by atoms with Crippen LogP contribution >= 0.6 is 12.2 Å². The summed E-state index contributed by atoms with van der Waals surface area (Å²) < 4.78 is 2.15. The Morgan fingerprint density at radius 1 is 1.10 bits per heavy atom. The van der Waals surface area contributed by atoms with Crippen molar-refractivity contribution in [2.24, 2.45) is 0 Å². The van der Waals surface area contributed by atoms with Crippen LogP contribution in [0.1, 0.15) is 0 Å². The number of nitrogens with one attached hydrogen (secondary N) is 1. The lowest BCUT2D eigenvalue weighted by Gasteiger charge is -1.98. The molecule has 0 amide bonds. The second-order valence-electron chi connectivity index (χ2n) is 4.28. The van der Waals surface area contributed by atoms with Crippen molar-refractivity contribution in [3.63, 3.8) is 0 Å². The highest BCUT2D eigenvalue weighted by Crippen LogP contribution is 2.20. The maximum absolute atomic E-state index is 5.32. The van der Waals surface area contributed by atoms with Crippen LogP contribution in [0.15, 0.2) is 42.7 Å². The molecule has 6 nitrogen and oxygen atoms in total. The van der Waals surface area contributed by atoms with Gasteiger partial charge < -0.3 is 4.98 Å². The van der Waals surface area contributed by atoms with Crippen molar-refractivity contribution in [3.05, 3.63) is 47.5 Å². The summed E-state index contributed by atoms with van der Waals surface area (Å²) >= 11 is 5.32. The average Bonchev–Trinajstić information content (AvgIpc) is 2.94. The minimum Gasteiger partial charge on any atom is -0.330 e. The van der Waals surface area contributed by atoms with Gasteiger partial charge in [0.15, 0.2) is 11.5 Å². The van der Waals surface area contributed by atoms with Gasteiger partial charge in [0.1, 0.15) is 0 Å². The number of benzene rings is 1. The predicted octanol–water partition coefficient (Wildman–Crippen LogP) is 2.40. The molecule has 0 saturated carbocycles. The monoisotopic (exact) mass is 280 g/mol. The van der Waals surface area contributed by atoms with Crippen LogP contribution < -0.4 is 0 Å². The number of para-hydroxylation sites is 1. The van der Waals surface area contributed by atoms with Crippen LogP contribution in [0.2, 0.25) is 0 Å². The van der Waals surface area contributed by atoms with E-state index in [1.54, 1.807) is 16.9 Å². The van der Waals surface area contributed by atoms with E-state index < -0.39 is 0 Å². The van der Waals surface area contributed by atoms with Gasteiger partial charge in [-0.2, -0.15) is 14.7 Å². The first kappa shape index (κ1) is 11.2. The summed E-state index contributed by atoms with van der Waals surface area (Å²) in [5, 5.41) is 13.0. The van der Waals surface area contributed by atoms with Gasteiger partial charge in [0.2, 0.25) is 4.77 Å². The summed E-state index contributed by atoms with van der Waals surface area (Å²) in [6, 6.07) is 9.68. The number of aromatic amines is 1. The van der Waals surface area contributed by atoms with Crippen molar-refractivity contribution in [1.29, 1.82) is 0 Å². The SMILES string of the molecule is S=c1[nH]c2ccccc2c2nc(-c3ccnnc3)nn12. The summed E-state index contributed by atoms with van der Waals surface area (Å²) in [5.41, 5.74) is 2.48. The molecule has 3 heterocycles. The topological polar surface area (TPSA) is 71.8 Å². The summed E-state index contributed by atoms with van der Waals surface area (Å²) in [6.07, 6.45) is 3.24. The molecular weight excluding hydrogens is 272 g/mol. The molecule has 20 heavy (non-hydrogen) atoms. The minimum atomic E-state index is 0.513. The van der Waals surface area contributed by atoms with E-state index in [1.807, 2.05) is 30.3 Å². The molecule has 4 aromatic rings. The number of hydrogen-bond acceptors (Lipinski definition) is 5. The normalized spacial score (nSPS) is 11.2. The quantitative estimate of drug-likeness (QED) is 0.542. The summed E-state index contributed by atoms with van der Waals surface area (Å²) in [4.78, 5) is 7.71. The zero-order valence-corrected chi connectivity index (χ0v) is 11.0. The van der Waals surface area contributed by atoms with Crippen molar-refractivity contribution in [3.8, 4) is 11.4 Å². The minimum absolute atomic E-state index is 0.513. The summed E-state index contributed by atoms with van der Waals surface area (Å²) in [6.45, 7) is 0. The zero-order valence-electron chi connectivity index (χ0n) is 10.2. The number of rotatable bonds is 1. The van der Waals surface area contributed by atoms with Crippen LogP contribution in [0.4, 0.5) is 0 Å². The molecule has 0 spiro atoms. The molecule has 0 saturated heterocycles. The molecule has 0 atom stereocenters. The van der Waals surface area contributed by atoms with Crippen molar-refractivity contribution in [2.75, 3.05) is 0 Å². The third-order valence-corrected chi connectivity index (χ3v) is 3.33. The van der Waals surface area contributed by atoms with Crippen molar-refractivity contribution < 1.29 is 0 Å². The Bertz CT molecular complexity index is 972. The standard InChI is InChI=1S/C13H8N6S/c20-13-16-10-4-2-1-3-9(10)12-17-11(18-19(12)13)8-5-6-14-15-7-8/h1-7H,(H,16,20). The summed E-state index contributed by atoms with van der Waals surface area (Å²) in [7, 11) is 0. The first-order chi connectivity index (χ1) is 9.83. The number of fused-ring (bicyclic) bond motifs is 3. The summed E-state index contributed by atoms with van der Waals surface area (Å²) in [5.74, 6) is 0.579. The van der Waals surface area contributed by atoms with E-state index in [0.717, 1.165) is 22.1 Å². The third-order valence-electron chi connectivity index (χ3n) is 3.05. The Hall–Kier alpha value is -2.67. The Morgan fingerprint density at radius 2 is 2.00 bits per heavy atom. The van der Waals surface area contributed by atoms with E-state index in [-0.39, 0.29) is 0 Å². The molecule has 96 valence electrons. The molecule has 0 radical (unpaired) electrons. The van der Waals surface area contributed by atoms with E-state index in [4.69, 9.17) is 12.2 Å². The van der Waals surface area contributed by atoms with E-state index >= 15 is 0 Å². The molecular formula is C13H8N6S. The van der Waals surface area contributed by atoms with Gasteiger partial charge >= 0.3 is 0 Å². The van der Waals surface area contributed by atoms with E-state index in [2.05, 4.69) is 25.3 Å². The van der Waals surface area contributed by atoms with Crippen LogP contribution in [-0.2, 0) is 0 Å². The maximum atomic E-state index is 5.32. The van der Waals surface area contributed by atoms with Crippen LogP contribution in [-0.4, -0.2) is 29.8 Å². The van der Waals surface area contributed by atoms with Gasteiger partial charge in [-0.1, -0.05) is 12.1 Å². The van der Waals surface area contributed by atoms with Crippen LogP contribution in [0.25, 0.3) is 27.9 Å². The van der Waals surface area contributed by atoms with Gasteiger partial charge in [-0.25, -0.2) is 4.98 Å². The maximum Gasteiger partial charge on any atom is 0.200 e. The van der Waals surface area contributed by atoms with Gasteiger partial charge in [-0.15, -0.1) is 5.10 Å². The van der Waals surface area contributed by atoms with Crippen molar-refractivity contribution >= 4 is 28.8 Å². The van der Waals surface area contributed by atoms with E-state index in [9.17, 15) is 0 Å². The van der Waals surface area contributed by atoms with Crippen molar-refractivity contribution in [2.45, 2.75) is 0 Å². The van der Waals surface area contributed by atoms with Crippen molar-refractivity contribution in [1.82, 2.24) is 29.8 Å². The van der Waals surface area contributed by atoms with Gasteiger partial charge in [-0.05, 0) is 30.4 Å². The number of aromatic nitrogens is 6. The third kappa shape index (κ3) is 1.60. The predicted molar refractivity (Wildman–Crippen MR) is 76.7 cm³/mol. The molecule has 7 heteroatoms. The Kier molecular flexibility index (Phi) is 2.33. The van der Waals surface area contributed by atoms with Crippen LogP contribution in [0.3, 0.4) is 0 Å². The Morgan fingerprint density at radius 3 is 2.85 bits per heavy atom. The van der Waals surface area contributed by atoms with Gasteiger partial charge in [0, 0.05) is 10.9 Å². The molecule has 0 aliphatic heterocycles. The molecule has 4 rings (SSSR count). The Labute approximate surface area is 118 Å². The molecule has 0 aliphatic rings. The highest BCUT2D eigenvalue weighted by atomic mass is 32.1. The van der Waals surface area contributed by atoms with Gasteiger partial charge in [-0.3, -0.25) is 0 Å². The molecule has 0 aliphatic carbocycles. The smallest absolute Gasteiger partial charge is 0.200 e. The van der Waals surface area contributed by atoms with Crippen LogP contribution in [0, 0.1) is 4.77 Å². The first-order valence-electron chi connectivity index (χ1n) is 5.98. The molecule has 3 aromatic heterocycles.